The maximum atomic E-state index is 6.42. The SMILES string of the molecule is COOC(C)c1cc(Cl)c(P2OC(C)(C)C(C)(C)O2)c(Cl)c1. The largest absolute Gasteiger partial charge is 0.321 e. The first-order valence-corrected chi connectivity index (χ1v) is 8.89. The quantitative estimate of drug-likeness (QED) is 0.418. The van der Waals surface area contributed by atoms with E-state index in [0.29, 0.717) is 15.3 Å². The molecule has 0 amide bonds. The molecule has 0 aliphatic carbocycles. The third-order valence-corrected chi connectivity index (χ3v) is 6.96. The van der Waals surface area contributed by atoms with E-state index in [-0.39, 0.29) is 6.10 Å². The number of benzene rings is 1. The van der Waals surface area contributed by atoms with Gasteiger partial charge in [-0.1, -0.05) is 23.2 Å². The van der Waals surface area contributed by atoms with Crippen molar-refractivity contribution < 1.29 is 18.8 Å². The maximum Gasteiger partial charge on any atom is 0.209 e. The molecule has 1 aromatic carbocycles. The molecule has 1 saturated heterocycles. The van der Waals surface area contributed by atoms with Crippen LogP contribution in [0.15, 0.2) is 12.1 Å². The average Bonchev–Trinajstić information content (AvgIpc) is 2.57. The van der Waals surface area contributed by atoms with Gasteiger partial charge in [0, 0.05) is 0 Å². The zero-order valence-corrected chi connectivity index (χ0v) is 16.0. The van der Waals surface area contributed by atoms with E-state index >= 15 is 0 Å². The minimum Gasteiger partial charge on any atom is -0.321 e. The summed E-state index contributed by atoms with van der Waals surface area (Å²) in [7, 11) is 0.127. The Hall–Kier alpha value is 0.0700. The zero-order chi connectivity index (χ0) is 16.7. The number of rotatable bonds is 4. The lowest BCUT2D eigenvalue weighted by molar-refractivity contribution is -0.303. The Balaban J connectivity index is 2.34. The molecule has 0 N–H and O–H groups in total. The first-order chi connectivity index (χ1) is 10.1. The van der Waals surface area contributed by atoms with Crippen molar-refractivity contribution in [3.63, 3.8) is 0 Å². The highest BCUT2D eigenvalue weighted by atomic mass is 35.5. The molecule has 1 aliphatic rings. The minimum atomic E-state index is -1.33. The van der Waals surface area contributed by atoms with Crippen molar-refractivity contribution in [3.8, 4) is 0 Å². The van der Waals surface area contributed by atoms with Gasteiger partial charge >= 0.3 is 0 Å². The van der Waals surface area contributed by atoms with Gasteiger partial charge in [0.1, 0.15) is 6.10 Å². The lowest BCUT2D eigenvalue weighted by atomic mass is 9.90. The van der Waals surface area contributed by atoms with E-state index in [1.165, 1.54) is 7.11 Å². The second-order valence-electron chi connectivity index (χ2n) is 6.20. The monoisotopic (exact) mass is 366 g/mol. The Bertz CT molecular complexity index is 523. The molecule has 1 unspecified atom stereocenters. The Morgan fingerprint density at radius 1 is 1.05 bits per heavy atom. The number of hydrogen-bond donors (Lipinski definition) is 0. The van der Waals surface area contributed by atoms with Crippen LogP contribution in [0.25, 0.3) is 0 Å². The van der Waals surface area contributed by atoms with Crippen molar-refractivity contribution in [1.29, 1.82) is 0 Å². The third-order valence-electron chi connectivity index (χ3n) is 4.00. The van der Waals surface area contributed by atoms with Crippen LogP contribution in [0.5, 0.6) is 0 Å². The van der Waals surface area contributed by atoms with Gasteiger partial charge in [0.05, 0.1) is 33.7 Å². The summed E-state index contributed by atoms with van der Waals surface area (Å²) in [6.45, 7) is 9.85. The van der Waals surface area contributed by atoms with Crippen LogP contribution >= 0.6 is 31.6 Å². The van der Waals surface area contributed by atoms with Crippen LogP contribution < -0.4 is 5.30 Å². The van der Waals surface area contributed by atoms with Crippen molar-refractivity contribution in [2.45, 2.75) is 51.9 Å². The second kappa shape index (κ2) is 6.52. The van der Waals surface area contributed by atoms with Gasteiger partial charge in [-0.2, -0.15) is 0 Å². The highest BCUT2D eigenvalue weighted by Gasteiger charge is 2.51. The first-order valence-electron chi connectivity index (χ1n) is 6.96. The molecule has 0 spiro atoms. The molecular formula is C15H21Cl2O4P. The molecule has 7 heteroatoms. The summed E-state index contributed by atoms with van der Waals surface area (Å²) in [5, 5.41) is 1.72. The third kappa shape index (κ3) is 3.44. The first kappa shape index (κ1) is 18.4. The van der Waals surface area contributed by atoms with Gasteiger partial charge in [0.15, 0.2) is 0 Å². The van der Waals surface area contributed by atoms with Crippen LogP contribution in [0.3, 0.4) is 0 Å². The van der Waals surface area contributed by atoms with Gasteiger partial charge in [0.25, 0.3) is 0 Å². The molecule has 124 valence electrons. The molecule has 1 heterocycles. The fourth-order valence-corrected chi connectivity index (χ4v) is 4.82. The van der Waals surface area contributed by atoms with Crippen molar-refractivity contribution >= 4 is 36.9 Å². The predicted molar refractivity (Wildman–Crippen MR) is 89.9 cm³/mol. The highest BCUT2D eigenvalue weighted by molar-refractivity contribution is 7.57. The van der Waals surface area contributed by atoms with Crippen LogP contribution in [0, 0.1) is 0 Å². The van der Waals surface area contributed by atoms with Gasteiger partial charge < -0.3 is 9.05 Å². The lowest BCUT2D eigenvalue weighted by Crippen LogP contribution is -2.41. The fraction of sp³-hybridized carbons (Fsp3) is 0.600. The summed E-state index contributed by atoms with van der Waals surface area (Å²) in [6, 6.07) is 3.61. The molecular weight excluding hydrogens is 346 g/mol. The summed E-state index contributed by atoms with van der Waals surface area (Å²) in [5.74, 6) is 0. The number of hydrogen-bond acceptors (Lipinski definition) is 4. The van der Waals surface area contributed by atoms with Gasteiger partial charge in [-0.3, -0.25) is 0 Å². The van der Waals surface area contributed by atoms with Gasteiger partial charge in [0.2, 0.25) is 8.38 Å². The van der Waals surface area contributed by atoms with Crippen molar-refractivity contribution in [1.82, 2.24) is 0 Å². The summed E-state index contributed by atoms with van der Waals surface area (Å²) in [4.78, 5) is 9.79. The minimum absolute atomic E-state index is 0.278. The average molecular weight is 367 g/mol. The second-order valence-corrected chi connectivity index (χ2v) is 8.34. The van der Waals surface area contributed by atoms with Gasteiger partial charge in [-0.15, -0.1) is 0 Å². The topological polar surface area (TPSA) is 36.9 Å². The molecule has 0 saturated carbocycles. The molecule has 4 nitrogen and oxygen atoms in total. The normalized spacial score (nSPS) is 22.0. The Labute approximate surface area is 142 Å². The molecule has 0 aromatic heterocycles. The van der Waals surface area contributed by atoms with Crippen LogP contribution in [-0.4, -0.2) is 18.3 Å². The summed E-state index contributed by atoms with van der Waals surface area (Å²) in [5.41, 5.74) is -0.0132. The van der Waals surface area contributed by atoms with Gasteiger partial charge in [-0.05, 0) is 52.3 Å². The standard InChI is InChI=1S/C15H21Cl2O4P/c1-9(19-18-6)10-7-11(16)13(12(17)8-10)22-20-14(2,3)15(4,5)21-22/h7-9H,1-6H3. The molecule has 22 heavy (non-hydrogen) atoms. The molecule has 0 radical (unpaired) electrons. The highest BCUT2D eigenvalue weighted by Crippen LogP contribution is 2.58. The molecule has 1 fully saturated rings. The van der Waals surface area contributed by atoms with Crippen LogP contribution in [0.4, 0.5) is 0 Å². The summed E-state index contributed by atoms with van der Waals surface area (Å²) in [6.07, 6.45) is -0.278. The lowest BCUT2D eigenvalue weighted by Gasteiger charge is -2.29. The van der Waals surface area contributed by atoms with Crippen LogP contribution in [0.1, 0.15) is 46.3 Å². The van der Waals surface area contributed by atoms with E-state index in [0.717, 1.165) is 5.56 Å². The molecule has 0 bridgehead atoms. The van der Waals surface area contributed by atoms with Crippen LogP contribution in [-0.2, 0) is 18.8 Å². The molecule has 1 aliphatic heterocycles. The summed E-state index contributed by atoms with van der Waals surface area (Å²) >= 11 is 12.8. The van der Waals surface area contributed by atoms with Crippen molar-refractivity contribution in [3.05, 3.63) is 27.7 Å². The van der Waals surface area contributed by atoms with E-state index in [1.807, 2.05) is 34.6 Å². The molecule has 1 atom stereocenters. The molecule has 2 rings (SSSR count). The maximum absolute atomic E-state index is 6.42. The Morgan fingerprint density at radius 2 is 1.50 bits per heavy atom. The van der Waals surface area contributed by atoms with E-state index in [2.05, 4.69) is 0 Å². The fourth-order valence-electron chi connectivity index (χ4n) is 1.94. The smallest absolute Gasteiger partial charge is 0.209 e. The predicted octanol–water partition coefficient (Wildman–Crippen LogP) is 5.17. The van der Waals surface area contributed by atoms with E-state index in [1.54, 1.807) is 12.1 Å². The van der Waals surface area contributed by atoms with Crippen molar-refractivity contribution in [2.75, 3.05) is 7.11 Å². The van der Waals surface area contributed by atoms with E-state index in [4.69, 9.17) is 42.0 Å². The number of halogens is 2. The van der Waals surface area contributed by atoms with E-state index in [9.17, 15) is 0 Å². The van der Waals surface area contributed by atoms with Crippen LogP contribution in [0.2, 0.25) is 10.0 Å². The zero-order valence-electron chi connectivity index (χ0n) is 13.6. The Morgan fingerprint density at radius 3 is 1.91 bits per heavy atom. The summed E-state index contributed by atoms with van der Waals surface area (Å²) < 4.78 is 12.2. The Kier molecular flexibility index (Phi) is 5.46. The van der Waals surface area contributed by atoms with Crippen molar-refractivity contribution in [2.24, 2.45) is 0 Å². The molecule has 1 aromatic rings. The van der Waals surface area contributed by atoms with Gasteiger partial charge in [-0.25, -0.2) is 9.78 Å². The van der Waals surface area contributed by atoms with E-state index < -0.39 is 19.6 Å².